The molecule has 2 aromatic carbocycles. The van der Waals surface area contributed by atoms with Crippen LogP contribution in [0.1, 0.15) is 40.2 Å². The van der Waals surface area contributed by atoms with Gasteiger partial charge in [0.1, 0.15) is 12.4 Å². The fourth-order valence-electron chi connectivity index (χ4n) is 4.63. The standard InChI is InChI=1S/C25H23FN2O3/c26-20-11-9-19(10-12-20)25(31)27-13-21-24(22(15-29)28(21)23(30)14-27)18-7-5-17(6-8-18)4-3-16-1-2-16/h5-12,16,21-22,24,29H,1-2,13-15H2/t21-,22+,24-/m0/s1. The van der Waals surface area contributed by atoms with Gasteiger partial charge in [0, 0.05) is 29.5 Å². The average Bonchev–Trinajstić information content (AvgIpc) is 3.59. The lowest BCUT2D eigenvalue weighted by atomic mass is 9.73. The predicted octanol–water partition coefficient (Wildman–Crippen LogP) is 2.40. The number of carbonyl (C=O) groups excluding carboxylic acids is 2. The first kappa shape index (κ1) is 19.8. The van der Waals surface area contributed by atoms with Crippen LogP contribution in [0, 0.1) is 23.6 Å². The summed E-state index contributed by atoms with van der Waals surface area (Å²) in [6, 6.07) is 12.9. The number of halogens is 1. The Bertz CT molecular complexity index is 1070. The maximum Gasteiger partial charge on any atom is 0.254 e. The molecule has 158 valence electrons. The number of amides is 2. The Morgan fingerprint density at radius 2 is 1.81 bits per heavy atom. The zero-order valence-corrected chi connectivity index (χ0v) is 17.0. The molecular formula is C25H23FN2O3. The van der Waals surface area contributed by atoms with Crippen LogP contribution in [-0.4, -0.2) is 58.5 Å². The lowest BCUT2D eigenvalue weighted by Gasteiger charge is -2.58. The summed E-state index contributed by atoms with van der Waals surface area (Å²) in [5, 5.41) is 9.93. The molecule has 0 radical (unpaired) electrons. The van der Waals surface area contributed by atoms with Crippen LogP contribution in [-0.2, 0) is 4.79 Å². The van der Waals surface area contributed by atoms with Crippen molar-refractivity contribution in [2.45, 2.75) is 30.8 Å². The molecule has 1 N–H and O–H groups in total. The molecule has 6 heteroatoms. The summed E-state index contributed by atoms with van der Waals surface area (Å²) < 4.78 is 13.2. The number of aliphatic hydroxyl groups excluding tert-OH is 1. The Hall–Kier alpha value is -3.17. The zero-order valence-electron chi connectivity index (χ0n) is 17.0. The first-order valence-electron chi connectivity index (χ1n) is 10.6. The van der Waals surface area contributed by atoms with Crippen LogP contribution in [0.3, 0.4) is 0 Å². The number of nitrogens with zero attached hydrogens (tertiary/aromatic N) is 2. The molecule has 3 fully saturated rings. The van der Waals surface area contributed by atoms with E-state index in [9.17, 15) is 19.1 Å². The van der Waals surface area contributed by atoms with Crippen LogP contribution in [0.4, 0.5) is 4.39 Å². The minimum atomic E-state index is -0.410. The van der Waals surface area contributed by atoms with E-state index < -0.39 is 5.82 Å². The summed E-state index contributed by atoms with van der Waals surface area (Å²) in [5.41, 5.74) is 2.34. The third-order valence-electron chi connectivity index (χ3n) is 6.42. The molecule has 31 heavy (non-hydrogen) atoms. The number of hydrogen-bond donors (Lipinski definition) is 1. The lowest BCUT2D eigenvalue weighted by molar-refractivity contribution is -0.159. The molecule has 2 aromatic rings. The van der Waals surface area contributed by atoms with E-state index >= 15 is 0 Å². The summed E-state index contributed by atoms with van der Waals surface area (Å²) >= 11 is 0. The van der Waals surface area contributed by atoms with Gasteiger partial charge in [-0.2, -0.15) is 0 Å². The second-order valence-corrected chi connectivity index (χ2v) is 8.50. The Labute approximate surface area is 180 Å². The Morgan fingerprint density at radius 1 is 1.10 bits per heavy atom. The van der Waals surface area contributed by atoms with E-state index in [4.69, 9.17) is 0 Å². The van der Waals surface area contributed by atoms with Crippen molar-refractivity contribution in [1.82, 2.24) is 9.80 Å². The van der Waals surface area contributed by atoms with Crippen molar-refractivity contribution < 1.29 is 19.1 Å². The van der Waals surface area contributed by atoms with Gasteiger partial charge in [-0.25, -0.2) is 4.39 Å². The Balaban J connectivity index is 1.35. The highest BCUT2D eigenvalue weighted by Gasteiger charge is 2.54. The van der Waals surface area contributed by atoms with Gasteiger partial charge in [-0.3, -0.25) is 9.59 Å². The number of hydrogen-bond acceptors (Lipinski definition) is 3. The minimum Gasteiger partial charge on any atom is -0.394 e. The highest BCUT2D eigenvalue weighted by Crippen LogP contribution is 2.43. The molecular weight excluding hydrogens is 395 g/mol. The number of carbonyl (C=O) groups is 2. The molecule has 0 spiro atoms. The minimum absolute atomic E-state index is 0.0361. The second-order valence-electron chi connectivity index (χ2n) is 8.50. The largest absolute Gasteiger partial charge is 0.394 e. The molecule has 5 rings (SSSR count). The Kier molecular flexibility index (Phi) is 4.99. The van der Waals surface area contributed by atoms with Crippen LogP contribution >= 0.6 is 0 Å². The first-order chi connectivity index (χ1) is 15.0. The van der Waals surface area contributed by atoms with Crippen LogP contribution < -0.4 is 0 Å². The fourth-order valence-corrected chi connectivity index (χ4v) is 4.63. The molecule has 0 aromatic heterocycles. The molecule has 5 nitrogen and oxygen atoms in total. The van der Waals surface area contributed by atoms with Gasteiger partial charge in [-0.15, -0.1) is 0 Å². The summed E-state index contributed by atoms with van der Waals surface area (Å²) in [4.78, 5) is 28.9. The number of fused-ring (bicyclic) bond motifs is 1. The van der Waals surface area contributed by atoms with Crippen molar-refractivity contribution >= 4 is 11.8 Å². The van der Waals surface area contributed by atoms with E-state index in [2.05, 4.69) is 11.8 Å². The maximum absolute atomic E-state index is 13.2. The molecule has 3 aliphatic rings. The highest BCUT2D eigenvalue weighted by molar-refractivity contribution is 5.97. The van der Waals surface area contributed by atoms with Crippen LogP contribution in [0.5, 0.6) is 0 Å². The lowest BCUT2D eigenvalue weighted by Crippen LogP contribution is -2.73. The van der Waals surface area contributed by atoms with Crippen molar-refractivity contribution in [1.29, 1.82) is 0 Å². The van der Waals surface area contributed by atoms with Gasteiger partial charge in [0.25, 0.3) is 5.91 Å². The summed E-state index contributed by atoms with van der Waals surface area (Å²) in [6.45, 7) is 0.222. The third-order valence-corrected chi connectivity index (χ3v) is 6.42. The van der Waals surface area contributed by atoms with Gasteiger partial charge in [0.05, 0.1) is 18.7 Å². The maximum atomic E-state index is 13.2. The summed E-state index contributed by atoms with van der Waals surface area (Å²) in [7, 11) is 0. The molecule has 1 saturated carbocycles. The van der Waals surface area contributed by atoms with E-state index in [0.29, 0.717) is 18.0 Å². The SMILES string of the molecule is O=C(c1ccc(F)cc1)N1CC(=O)N2[C@H](CO)[C@@H](c3ccc(C#CC4CC4)cc3)[C@@H]2C1. The smallest absolute Gasteiger partial charge is 0.254 e. The van der Waals surface area contributed by atoms with Crippen molar-refractivity contribution in [3.8, 4) is 11.8 Å². The van der Waals surface area contributed by atoms with E-state index in [0.717, 1.165) is 11.1 Å². The molecule has 2 heterocycles. The molecule has 3 atom stereocenters. The van der Waals surface area contributed by atoms with Gasteiger partial charge >= 0.3 is 0 Å². The van der Waals surface area contributed by atoms with E-state index in [1.165, 1.54) is 42.0 Å². The first-order valence-corrected chi connectivity index (χ1v) is 10.6. The normalized spacial score (nSPS) is 24.7. The fraction of sp³-hybridized carbons (Fsp3) is 0.360. The summed E-state index contributed by atoms with van der Waals surface area (Å²) in [6.07, 6.45) is 2.37. The number of rotatable bonds is 3. The van der Waals surface area contributed by atoms with Crippen LogP contribution in [0.2, 0.25) is 0 Å². The number of benzene rings is 2. The van der Waals surface area contributed by atoms with Crippen LogP contribution in [0.15, 0.2) is 48.5 Å². The van der Waals surface area contributed by atoms with Crippen molar-refractivity contribution in [2.24, 2.45) is 5.92 Å². The van der Waals surface area contributed by atoms with Crippen LogP contribution in [0.25, 0.3) is 0 Å². The average molecular weight is 418 g/mol. The Morgan fingerprint density at radius 3 is 2.45 bits per heavy atom. The zero-order chi connectivity index (χ0) is 21.5. The quantitative estimate of drug-likeness (QED) is 0.779. The monoisotopic (exact) mass is 418 g/mol. The van der Waals surface area contributed by atoms with Gasteiger partial charge < -0.3 is 14.9 Å². The van der Waals surface area contributed by atoms with E-state index in [-0.39, 0.29) is 43.0 Å². The predicted molar refractivity (Wildman–Crippen MR) is 113 cm³/mol. The van der Waals surface area contributed by atoms with Crippen molar-refractivity contribution in [3.63, 3.8) is 0 Å². The molecule has 0 unspecified atom stereocenters. The second kappa shape index (κ2) is 7.82. The van der Waals surface area contributed by atoms with Gasteiger partial charge in [0.15, 0.2) is 0 Å². The molecule has 2 saturated heterocycles. The van der Waals surface area contributed by atoms with E-state index in [1.807, 2.05) is 24.3 Å². The third kappa shape index (κ3) is 3.70. The molecule has 0 bridgehead atoms. The number of aliphatic hydroxyl groups is 1. The van der Waals surface area contributed by atoms with Crippen molar-refractivity contribution in [2.75, 3.05) is 19.7 Å². The molecule has 2 amide bonds. The topological polar surface area (TPSA) is 60.9 Å². The number of piperazine rings is 1. The van der Waals surface area contributed by atoms with Crippen molar-refractivity contribution in [3.05, 3.63) is 71.0 Å². The van der Waals surface area contributed by atoms with Gasteiger partial charge in [0.2, 0.25) is 5.91 Å². The van der Waals surface area contributed by atoms with Gasteiger partial charge in [-0.05, 0) is 54.8 Å². The summed E-state index contributed by atoms with van der Waals surface area (Å²) in [5.74, 6) is 6.06. The molecule has 2 aliphatic heterocycles. The molecule has 1 aliphatic carbocycles. The highest BCUT2D eigenvalue weighted by atomic mass is 19.1. The van der Waals surface area contributed by atoms with Gasteiger partial charge in [-0.1, -0.05) is 24.0 Å². The van der Waals surface area contributed by atoms with E-state index in [1.54, 1.807) is 4.90 Å².